The minimum absolute atomic E-state index is 0.360. The number of carboxylic acids is 2. The van der Waals surface area contributed by atoms with Crippen LogP contribution in [0.25, 0.3) is 0 Å². The lowest BCUT2D eigenvalue weighted by Gasteiger charge is -2.22. The van der Waals surface area contributed by atoms with Crippen molar-refractivity contribution < 1.29 is 19.8 Å². The van der Waals surface area contributed by atoms with Gasteiger partial charge >= 0.3 is 11.9 Å². The zero-order valence-electron chi connectivity index (χ0n) is 6.70. The summed E-state index contributed by atoms with van der Waals surface area (Å²) < 4.78 is 0. The molecule has 0 amide bonds. The van der Waals surface area contributed by atoms with E-state index in [2.05, 4.69) is 5.32 Å². The van der Waals surface area contributed by atoms with E-state index in [1.807, 2.05) is 0 Å². The van der Waals surface area contributed by atoms with E-state index in [4.69, 9.17) is 10.2 Å². The fourth-order valence-electron chi connectivity index (χ4n) is 1.44. The SMILES string of the molecule is C[C@]1(C(=O)O)CCN[C@@H]1C(=O)O. The van der Waals surface area contributed by atoms with E-state index in [-0.39, 0.29) is 0 Å². The van der Waals surface area contributed by atoms with E-state index < -0.39 is 23.4 Å². The summed E-state index contributed by atoms with van der Waals surface area (Å²) in [5, 5.41) is 20.1. The van der Waals surface area contributed by atoms with E-state index in [1.165, 1.54) is 6.92 Å². The number of rotatable bonds is 2. The van der Waals surface area contributed by atoms with E-state index in [1.54, 1.807) is 0 Å². The van der Waals surface area contributed by atoms with Crippen molar-refractivity contribution in [2.24, 2.45) is 5.41 Å². The van der Waals surface area contributed by atoms with Gasteiger partial charge in [-0.05, 0) is 19.9 Å². The van der Waals surface area contributed by atoms with E-state index in [9.17, 15) is 9.59 Å². The zero-order valence-corrected chi connectivity index (χ0v) is 6.70. The van der Waals surface area contributed by atoms with Gasteiger partial charge in [-0.3, -0.25) is 9.59 Å². The minimum Gasteiger partial charge on any atom is -0.481 e. The predicted octanol–water partition coefficient (Wildman–Crippen LogP) is -0.476. The minimum atomic E-state index is -1.16. The van der Waals surface area contributed by atoms with Gasteiger partial charge in [-0.2, -0.15) is 0 Å². The van der Waals surface area contributed by atoms with Gasteiger partial charge in [-0.15, -0.1) is 0 Å². The van der Waals surface area contributed by atoms with Crippen LogP contribution in [0.15, 0.2) is 0 Å². The third kappa shape index (κ3) is 1.16. The molecule has 68 valence electrons. The first-order valence-corrected chi connectivity index (χ1v) is 3.68. The Kier molecular flexibility index (Phi) is 2.06. The van der Waals surface area contributed by atoms with Crippen LogP contribution in [0.3, 0.4) is 0 Å². The Bertz CT molecular complexity index is 227. The molecular weight excluding hydrogens is 162 g/mol. The molecule has 1 aliphatic heterocycles. The van der Waals surface area contributed by atoms with Crippen LogP contribution >= 0.6 is 0 Å². The van der Waals surface area contributed by atoms with Crippen molar-refractivity contribution in [3.63, 3.8) is 0 Å². The smallest absolute Gasteiger partial charge is 0.321 e. The van der Waals surface area contributed by atoms with Gasteiger partial charge in [-0.1, -0.05) is 0 Å². The summed E-state index contributed by atoms with van der Waals surface area (Å²) >= 11 is 0. The molecule has 0 aromatic carbocycles. The number of carbonyl (C=O) groups is 2. The maximum absolute atomic E-state index is 10.7. The maximum Gasteiger partial charge on any atom is 0.321 e. The van der Waals surface area contributed by atoms with Gasteiger partial charge in [0.15, 0.2) is 0 Å². The Morgan fingerprint density at radius 3 is 2.42 bits per heavy atom. The molecule has 5 heteroatoms. The Morgan fingerprint density at radius 1 is 1.50 bits per heavy atom. The highest BCUT2D eigenvalue weighted by molar-refractivity contribution is 5.86. The molecule has 1 fully saturated rings. The molecule has 0 saturated carbocycles. The Balaban J connectivity index is 2.89. The molecule has 0 aromatic heterocycles. The first-order valence-electron chi connectivity index (χ1n) is 3.68. The largest absolute Gasteiger partial charge is 0.481 e. The van der Waals surface area contributed by atoms with Crippen LogP contribution in [0, 0.1) is 5.41 Å². The summed E-state index contributed by atoms with van der Waals surface area (Å²) in [6, 6.07) is -0.963. The van der Waals surface area contributed by atoms with Crippen LogP contribution in [0.1, 0.15) is 13.3 Å². The second-order valence-electron chi connectivity index (χ2n) is 3.20. The summed E-state index contributed by atoms with van der Waals surface area (Å²) in [4.78, 5) is 21.3. The molecule has 0 unspecified atom stereocenters. The van der Waals surface area contributed by atoms with Crippen LogP contribution in [0.4, 0.5) is 0 Å². The molecule has 2 atom stereocenters. The Hall–Kier alpha value is -1.10. The normalized spacial score (nSPS) is 34.9. The first kappa shape index (κ1) is 8.99. The summed E-state index contributed by atoms with van der Waals surface area (Å²) in [5.74, 6) is -2.16. The molecule has 1 heterocycles. The summed E-state index contributed by atoms with van der Waals surface area (Å²) in [5.41, 5.74) is -1.16. The van der Waals surface area contributed by atoms with E-state index in [0.717, 1.165) is 0 Å². The second kappa shape index (κ2) is 2.75. The fraction of sp³-hybridized carbons (Fsp3) is 0.714. The molecule has 5 nitrogen and oxygen atoms in total. The Labute approximate surface area is 69.4 Å². The number of carboxylic acid groups (broad SMARTS) is 2. The molecule has 12 heavy (non-hydrogen) atoms. The average Bonchev–Trinajstić information content (AvgIpc) is 2.32. The average molecular weight is 173 g/mol. The van der Waals surface area contributed by atoms with Crippen LogP contribution in [-0.4, -0.2) is 34.7 Å². The van der Waals surface area contributed by atoms with Crippen molar-refractivity contribution in [1.29, 1.82) is 0 Å². The summed E-state index contributed by atoms with van der Waals surface area (Å²) in [6.45, 7) is 1.90. The van der Waals surface area contributed by atoms with E-state index in [0.29, 0.717) is 13.0 Å². The van der Waals surface area contributed by atoms with Crippen molar-refractivity contribution in [2.45, 2.75) is 19.4 Å². The first-order chi connectivity index (χ1) is 5.48. The quantitative estimate of drug-likeness (QED) is 0.525. The van der Waals surface area contributed by atoms with Gasteiger partial charge in [0, 0.05) is 0 Å². The lowest BCUT2D eigenvalue weighted by molar-refractivity contribution is -0.155. The number of nitrogens with one attached hydrogen (secondary N) is 1. The lowest BCUT2D eigenvalue weighted by Crippen LogP contribution is -2.46. The van der Waals surface area contributed by atoms with Crippen LogP contribution in [0.5, 0.6) is 0 Å². The van der Waals surface area contributed by atoms with Crippen LogP contribution in [-0.2, 0) is 9.59 Å². The maximum atomic E-state index is 10.7. The molecule has 0 aromatic rings. The highest BCUT2D eigenvalue weighted by Gasteiger charge is 2.49. The number of hydrogen-bond donors (Lipinski definition) is 3. The second-order valence-corrected chi connectivity index (χ2v) is 3.20. The Morgan fingerprint density at radius 2 is 2.08 bits per heavy atom. The van der Waals surface area contributed by atoms with Gasteiger partial charge in [0.05, 0.1) is 5.41 Å². The number of hydrogen-bond acceptors (Lipinski definition) is 3. The molecule has 1 saturated heterocycles. The molecule has 0 aliphatic carbocycles. The molecule has 0 spiro atoms. The predicted molar refractivity (Wildman–Crippen MR) is 39.8 cm³/mol. The molecule has 0 radical (unpaired) electrons. The zero-order chi connectivity index (χ0) is 9.35. The van der Waals surface area contributed by atoms with Crippen molar-refractivity contribution in [3.8, 4) is 0 Å². The van der Waals surface area contributed by atoms with Gasteiger partial charge in [0.2, 0.25) is 0 Å². The summed E-state index contributed by atoms with van der Waals surface area (Å²) in [6.07, 6.45) is 0.360. The van der Waals surface area contributed by atoms with Gasteiger partial charge in [0.25, 0.3) is 0 Å². The number of aliphatic carboxylic acids is 2. The molecular formula is C7H11NO4. The highest BCUT2D eigenvalue weighted by Crippen LogP contribution is 2.30. The molecule has 1 aliphatic rings. The van der Waals surface area contributed by atoms with Crippen molar-refractivity contribution >= 4 is 11.9 Å². The summed E-state index contributed by atoms with van der Waals surface area (Å²) in [7, 11) is 0. The standard InChI is InChI=1S/C7H11NO4/c1-7(6(11)12)2-3-8-4(7)5(9)10/h4,8H,2-3H2,1H3,(H,9,10)(H,11,12)/t4-,7+/m1/s1. The highest BCUT2D eigenvalue weighted by atomic mass is 16.4. The fourth-order valence-corrected chi connectivity index (χ4v) is 1.44. The monoisotopic (exact) mass is 173 g/mol. The molecule has 3 N–H and O–H groups in total. The van der Waals surface area contributed by atoms with Gasteiger partial charge in [-0.25, -0.2) is 0 Å². The van der Waals surface area contributed by atoms with Crippen molar-refractivity contribution in [1.82, 2.24) is 5.32 Å². The van der Waals surface area contributed by atoms with Gasteiger partial charge in [0.1, 0.15) is 6.04 Å². The van der Waals surface area contributed by atoms with Gasteiger partial charge < -0.3 is 15.5 Å². The lowest BCUT2D eigenvalue weighted by atomic mass is 9.83. The van der Waals surface area contributed by atoms with Crippen molar-refractivity contribution in [3.05, 3.63) is 0 Å². The van der Waals surface area contributed by atoms with Crippen LogP contribution in [0.2, 0.25) is 0 Å². The van der Waals surface area contributed by atoms with E-state index >= 15 is 0 Å². The third-order valence-electron chi connectivity index (χ3n) is 2.37. The van der Waals surface area contributed by atoms with Crippen LogP contribution < -0.4 is 5.32 Å². The van der Waals surface area contributed by atoms with Crippen molar-refractivity contribution in [2.75, 3.05) is 6.54 Å². The topological polar surface area (TPSA) is 86.6 Å². The molecule has 0 bridgehead atoms. The molecule has 1 rings (SSSR count). The third-order valence-corrected chi connectivity index (χ3v) is 2.37.